The first-order chi connectivity index (χ1) is 15.4. The maximum absolute atomic E-state index is 13.8. The largest absolute Gasteiger partial charge is 0.339 e. The molecule has 0 atom stereocenters. The van der Waals surface area contributed by atoms with Crippen LogP contribution in [0.5, 0.6) is 0 Å². The van der Waals surface area contributed by atoms with Crippen LogP contribution >= 0.6 is 0 Å². The summed E-state index contributed by atoms with van der Waals surface area (Å²) in [5.74, 6) is -1.18. The molecule has 1 aliphatic heterocycles. The van der Waals surface area contributed by atoms with Crippen LogP contribution < -0.4 is 5.32 Å². The van der Waals surface area contributed by atoms with Gasteiger partial charge in [0, 0.05) is 42.6 Å². The molecular weight excluding hydrogens is 418 g/mol. The van der Waals surface area contributed by atoms with Gasteiger partial charge < -0.3 is 14.7 Å². The van der Waals surface area contributed by atoms with Gasteiger partial charge in [-0.1, -0.05) is 24.2 Å². The summed E-state index contributed by atoms with van der Waals surface area (Å²) in [7, 11) is 0. The highest BCUT2D eigenvalue weighted by Gasteiger charge is 2.28. The van der Waals surface area contributed by atoms with Crippen molar-refractivity contribution in [2.24, 2.45) is 5.92 Å². The molecule has 0 aliphatic carbocycles. The Kier molecular flexibility index (Phi) is 6.25. The molecule has 7 nitrogen and oxygen atoms in total. The highest BCUT2D eigenvalue weighted by atomic mass is 19.1. The fourth-order valence-electron chi connectivity index (χ4n) is 3.63. The van der Waals surface area contributed by atoms with Crippen LogP contribution in [0.3, 0.4) is 0 Å². The number of carbonyl (C=O) groups excluding carboxylic acids is 2. The van der Waals surface area contributed by atoms with Gasteiger partial charge in [0.1, 0.15) is 11.6 Å². The zero-order valence-electron chi connectivity index (χ0n) is 17.5. The molecule has 2 aromatic carbocycles. The number of benzene rings is 2. The Balaban J connectivity index is 1.34. The first kappa shape index (κ1) is 21.6. The van der Waals surface area contributed by atoms with Gasteiger partial charge in [-0.25, -0.2) is 8.78 Å². The Morgan fingerprint density at radius 2 is 1.84 bits per heavy atom. The molecule has 1 fully saturated rings. The van der Waals surface area contributed by atoms with E-state index in [-0.39, 0.29) is 23.4 Å². The fraction of sp³-hybridized carbons (Fsp3) is 0.304. The second-order valence-corrected chi connectivity index (χ2v) is 7.62. The smallest absolute Gasteiger partial charge is 0.253 e. The highest BCUT2D eigenvalue weighted by molar-refractivity contribution is 5.95. The molecule has 2 amide bonds. The molecule has 3 aromatic rings. The molecule has 4 rings (SSSR count). The van der Waals surface area contributed by atoms with Crippen molar-refractivity contribution >= 4 is 17.5 Å². The minimum absolute atomic E-state index is 0.131. The second-order valence-electron chi connectivity index (χ2n) is 7.62. The van der Waals surface area contributed by atoms with Gasteiger partial charge in [-0.05, 0) is 37.1 Å². The van der Waals surface area contributed by atoms with Crippen LogP contribution in [-0.4, -0.2) is 39.9 Å². The van der Waals surface area contributed by atoms with Crippen LogP contribution in [0.15, 0.2) is 47.0 Å². The van der Waals surface area contributed by atoms with Crippen molar-refractivity contribution in [1.82, 2.24) is 15.0 Å². The maximum Gasteiger partial charge on any atom is 0.253 e. The second kappa shape index (κ2) is 9.25. The minimum Gasteiger partial charge on any atom is -0.339 e. The maximum atomic E-state index is 13.8. The molecule has 1 N–H and O–H groups in total. The van der Waals surface area contributed by atoms with Crippen LogP contribution in [0.25, 0.3) is 11.4 Å². The lowest BCUT2D eigenvalue weighted by molar-refractivity contribution is -0.121. The third-order valence-corrected chi connectivity index (χ3v) is 5.50. The van der Waals surface area contributed by atoms with Crippen molar-refractivity contribution in [3.8, 4) is 11.4 Å². The summed E-state index contributed by atoms with van der Waals surface area (Å²) in [6.07, 6.45) is 1.53. The number of anilines is 1. The first-order valence-electron chi connectivity index (χ1n) is 10.4. The molecule has 32 heavy (non-hydrogen) atoms. The predicted octanol–water partition coefficient (Wildman–Crippen LogP) is 4.07. The number of nitrogens with one attached hydrogen (secondary N) is 1. The summed E-state index contributed by atoms with van der Waals surface area (Å²) in [5, 5.41) is 6.37. The lowest BCUT2D eigenvalue weighted by Gasteiger charge is -2.31. The van der Waals surface area contributed by atoms with E-state index in [1.54, 1.807) is 29.2 Å². The van der Waals surface area contributed by atoms with E-state index >= 15 is 0 Å². The molecule has 2 heterocycles. The van der Waals surface area contributed by atoms with E-state index in [2.05, 4.69) is 15.5 Å². The number of halogens is 2. The number of carbonyl (C=O) groups is 2. The average Bonchev–Trinajstić information content (AvgIpc) is 3.30. The Labute approximate surface area is 183 Å². The normalized spacial score (nSPS) is 14.4. The number of piperidine rings is 1. The van der Waals surface area contributed by atoms with Gasteiger partial charge in [-0.3, -0.25) is 9.59 Å². The molecule has 0 radical (unpaired) electrons. The standard InChI is InChI=1S/C23H22F2N4O3/c1-2-20-27-21(28-32-20)14-3-5-16(6-4-14)23(31)29-11-9-15(10-12-29)22(30)26-19-13-17(24)7-8-18(19)25/h3-8,13,15H,2,9-12H2,1H3,(H,26,30). The van der Waals surface area contributed by atoms with Crippen LogP contribution in [0.4, 0.5) is 14.5 Å². The van der Waals surface area contributed by atoms with Crippen molar-refractivity contribution in [2.45, 2.75) is 26.2 Å². The number of amides is 2. The Hall–Kier alpha value is -3.62. The summed E-state index contributed by atoms with van der Waals surface area (Å²) in [4.78, 5) is 31.2. The molecule has 0 spiro atoms. The lowest BCUT2D eigenvalue weighted by atomic mass is 9.95. The molecule has 166 valence electrons. The van der Waals surface area contributed by atoms with Crippen LogP contribution in [0, 0.1) is 17.6 Å². The van der Waals surface area contributed by atoms with Crippen molar-refractivity contribution in [3.05, 3.63) is 65.6 Å². The van der Waals surface area contributed by atoms with Gasteiger partial charge in [0.05, 0.1) is 5.69 Å². The zero-order chi connectivity index (χ0) is 22.7. The number of likely N-dealkylation sites (tertiary alicyclic amines) is 1. The third-order valence-electron chi connectivity index (χ3n) is 5.50. The SMILES string of the molecule is CCc1nc(-c2ccc(C(=O)N3CCC(C(=O)Nc4cc(F)ccc4F)CC3)cc2)no1. The summed E-state index contributed by atoms with van der Waals surface area (Å²) < 4.78 is 32.2. The van der Waals surface area contributed by atoms with Crippen molar-refractivity contribution in [2.75, 3.05) is 18.4 Å². The fourth-order valence-corrected chi connectivity index (χ4v) is 3.63. The Morgan fingerprint density at radius 3 is 2.50 bits per heavy atom. The van der Waals surface area contributed by atoms with Crippen molar-refractivity contribution < 1.29 is 22.9 Å². The average molecular weight is 440 g/mol. The predicted molar refractivity (Wildman–Crippen MR) is 113 cm³/mol. The van der Waals surface area contributed by atoms with Gasteiger partial charge in [0.15, 0.2) is 0 Å². The molecule has 0 unspecified atom stereocenters. The van der Waals surface area contributed by atoms with E-state index in [9.17, 15) is 18.4 Å². The van der Waals surface area contributed by atoms with Crippen LogP contribution in [0.2, 0.25) is 0 Å². The number of aryl methyl sites for hydroxylation is 1. The lowest BCUT2D eigenvalue weighted by Crippen LogP contribution is -2.41. The summed E-state index contributed by atoms with van der Waals surface area (Å²) in [5.41, 5.74) is 1.10. The summed E-state index contributed by atoms with van der Waals surface area (Å²) in [6, 6.07) is 9.88. The van der Waals surface area contributed by atoms with E-state index in [4.69, 9.17) is 4.52 Å². The van der Waals surface area contributed by atoms with Gasteiger partial charge in [0.25, 0.3) is 5.91 Å². The van der Waals surface area contributed by atoms with E-state index in [1.165, 1.54) is 0 Å². The molecule has 0 bridgehead atoms. The molecule has 9 heteroatoms. The molecule has 0 saturated carbocycles. The summed E-state index contributed by atoms with van der Waals surface area (Å²) in [6.45, 7) is 2.72. The minimum atomic E-state index is -0.692. The van der Waals surface area contributed by atoms with Gasteiger partial charge in [-0.2, -0.15) is 4.98 Å². The number of rotatable bonds is 5. The van der Waals surface area contributed by atoms with Crippen LogP contribution in [-0.2, 0) is 11.2 Å². The van der Waals surface area contributed by atoms with Crippen molar-refractivity contribution in [1.29, 1.82) is 0 Å². The number of nitrogens with zero attached hydrogens (tertiary/aromatic N) is 3. The molecule has 1 saturated heterocycles. The Morgan fingerprint density at radius 1 is 1.12 bits per heavy atom. The monoisotopic (exact) mass is 440 g/mol. The summed E-state index contributed by atoms with van der Waals surface area (Å²) >= 11 is 0. The van der Waals surface area contributed by atoms with E-state index in [1.807, 2.05) is 6.92 Å². The number of hydrogen-bond donors (Lipinski definition) is 1. The molecule has 1 aromatic heterocycles. The molecular formula is C23H22F2N4O3. The third kappa shape index (κ3) is 4.66. The van der Waals surface area contributed by atoms with Gasteiger partial charge in [0.2, 0.25) is 17.6 Å². The number of aromatic nitrogens is 2. The quantitative estimate of drug-likeness (QED) is 0.646. The highest BCUT2D eigenvalue weighted by Crippen LogP contribution is 2.23. The van der Waals surface area contributed by atoms with E-state index in [0.29, 0.717) is 49.6 Å². The number of hydrogen-bond acceptors (Lipinski definition) is 5. The van der Waals surface area contributed by atoms with Crippen molar-refractivity contribution in [3.63, 3.8) is 0 Å². The molecule has 1 aliphatic rings. The van der Waals surface area contributed by atoms with Gasteiger partial charge >= 0.3 is 0 Å². The van der Waals surface area contributed by atoms with E-state index < -0.39 is 11.6 Å². The topological polar surface area (TPSA) is 88.3 Å². The Bertz CT molecular complexity index is 1120. The van der Waals surface area contributed by atoms with E-state index in [0.717, 1.165) is 23.8 Å². The van der Waals surface area contributed by atoms with Gasteiger partial charge in [-0.15, -0.1) is 0 Å². The zero-order valence-corrected chi connectivity index (χ0v) is 17.5. The first-order valence-corrected chi connectivity index (χ1v) is 10.4. The van der Waals surface area contributed by atoms with Crippen LogP contribution in [0.1, 0.15) is 36.0 Å².